The smallest absolute Gasteiger partial charge is 0.307 e. The molecule has 0 saturated carbocycles. The van der Waals surface area contributed by atoms with Gasteiger partial charge in [-0.15, -0.1) is 12.4 Å². The molecule has 0 aliphatic rings. The number of hydrogen-bond donors (Lipinski definition) is 1. The van der Waals surface area contributed by atoms with Crippen LogP contribution in [-0.2, 0) is 19.4 Å². The van der Waals surface area contributed by atoms with Crippen LogP contribution in [0.15, 0.2) is 0 Å². The molecule has 7 heteroatoms. The fourth-order valence-electron chi connectivity index (χ4n) is 0.765. The Labute approximate surface area is 90.3 Å². The minimum absolute atomic E-state index is 0. The zero-order valence-electron chi connectivity index (χ0n) is 8.23. The third kappa shape index (κ3) is 9.76. The number of ether oxygens (including phenoxy) is 1. The van der Waals surface area contributed by atoms with Crippen molar-refractivity contribution in [3.8, 4) is 0 Å². The van der Waals surface area contributed by atoms with Gasteiger partial charge in [0.1, 0.15) is 9.84 Å². The Morgan fingerprint density at radius 1 is 1.50 bits per heavy atom. The molecule has 0 aromatic heterocycles. The lowest BCUT2D eigenvalue weighted by molar-refractivity contribution is -0.141. The molecule has 0 fully saturated rings. The molecule has 0 radical (unpaired) electrons. The van der Waals surface area contributed by atoms with Crippen molar-refractivity contribution in [3.05, 3.63) is 0 Å². The number of sulfone groups is 1. The topological polar surface area (TPSA) is 86.5 Å². The summed E-state index contributed by atoms with van der Waals surface area (Å²) in [4.78, 5) is 10.7. The molecule has 5 nitrogen and oxygen atoms in total. The lowest BCUT2D eigenvalue weighted by Crippen LogP contribution is -2.27. The number of hydrogen-bond acceptors (Lipinski definition) is 5. The Morgan fingerprint density at radius 3 is 2.36 bits per heavy atom. The fraction of sp³-hybridized carbons (Fsp3) is 0.857. The molecule has 0 saturated heterocycles. The highest BCUT2D eigenvalue weighted by Crippen LogP contribution is 1.99. The van der Waals surface area contributed by atoms with Gasteiger partial charge >= 0.3 is 5.97 Å². The molecule has 0 aliphatic heterocycles. The first kappa shape index (κ1) is 16.1. The maximum Gasteiger partial charge on any atom is 0.307 e. The van der Waals surface area contributed by atoms with Crippen molar-refractivity contribution in [3.63, 3.8) is 0 Å². The molecule has 0 rings (SSSR count). The number of nitrogens with two attached hydrogens (primary N) is 1. The largest absolute Gasteiger partial charge is 0.469 e. The minimum atomic E-state index is -2.99. The van der Waals surface area contributed by atoms with E-state index in [0.717, 1.165) is 6.26 Å². The summed E-state index contributed by atoms with van der Waals surface area (Å²) in [5, 5.41) is 0. The average molecular weight is 246 g/mol. The summed E-state index contributed by atoms with van der Waals surface area (Å²) in [7, 11) is -1.72. The van der Waals surface area contributed by atoms with Gasteiger partial charge in [0.15, 0.2) is 0 Å². The Morgan fingerprint density at radius 2 is 2.00 bits per heavy atom. The van der Waals surface area contributed by atoms with Gasteiger partial charge in [0.2, 0.25) is 0 Å². The molecule has 0 spiro atoms. The Balaban J connectivity index is 0. The third-order valence-electron chi connectivity index (χ3n) is 1.52. The van der Waals surface area contributed by atoms with E-state index in [1.807, 2.05) is 0 Å². The lowest BCUT2D eigenvalue weighted by Gasteiger charge is -2.08. The van der Waals surface area contributed by atoms with Gasteiger partial charge in [0.05, 0.1) is 19.3 Å². The number of halogens is 1. The molecule has 2 N–H and O–H groups in total. The molecular formula is C7H16ClNO4S. The molecular weight excluding hydrogens is 230 g/mol. The van der Waals surface area contributed by atoms with Crippen LogP contribution in [-0.4, -0.2) is 39.5 Å². The number of rotatable bonds is 5. The summed E-state index contributed by atoms with van der Waals surface area (Å²) >= 11 is 0. The molecule has 86 valence electrons. The molecule has 0 unspecified atom stereocenters. The summed E-state index contributed by atoms with van der Waals surface area (Å²) in [6.07, 6.45) is 1.48. The summed E-state index contributed by atoms with van der Waals surface area (Å²) < 4.78 is 25.8. The standard InChI is InChI=1S/C7H15NO4S.ClH/c1-12-7(9)5-6(8)3-4-13(2,10)11;/h6H,3-5,8H2,1-2H3;1H/t6-;/m1./s1. The van der Waals surface area contributed by atoms with Crippen LogP contribution in [0.4, 0.5) is 0 Å². The maximum atomic E-state index is 10.7. The Hall–Kier alpha value is -0.330. The van der Waals surface area contributed by atoms with Crippen LogP contribution in [0.2, 0.25) is 0 Å². The normalized spacial score (nSPS) is 12.8. The van der Waals surface area contributed by atoms with Crippen molar-refractivity contribution in [2.75, 3.05) is 19.1 Å². The van der Waals surface area contributed by atoms with Gasteiger partial charge < -0.3 is 10.5 Å². The summed E-state index contributed by atoms with van der Waals surface area (Å²) in [5.41, 5.74) is 5.49. The van der Waals surface area contributed by atoms with E-state index in [2.05, 4.69) is 4.74 Å². The second-order valence-corrected chi connectivity index (χ2v) is 5.22. The highest BCUT2D eigenvalue weighted by atomic mass is 35.5. The highest BCUT2D eigenvalue weighted by Gasteiger charge is 2.12. The van der Waals surface area contributed by atoms with Gasteiger partial charge in [-0.1, -0.05) is 0 Å². The molecule has 0 bridgehead atoms. The van der Waals surface area contributed by atoms with Crippen LogP contribution >= 0.6 is 12.4 Å². The molecule has 0 amide bonds. The number of carbonyl (C=O) groups is 1. The van der Waals surface area contributed by atoms with Crippen molar-refractivity contribution < 1.29 is 17.9 Å². The Kier molecular flexibility index (Phi) is 8.09. The van der Waals surface area contributed by atoms with Gasteiger partial charge in [-0.2, -0.15) is 0 Å². The first-order valence-corrected chi connectivity index (χ1v) is 5.91. The molecule has 0 aromatic carbocycles. The van der Waals surface area contributed by atoms with E-state index >= 15 is 0 Å². The Bertz CT molecular complexity index is 265. The number of esters is 1. The van der Waals surface area contributed by atoms with Crippen LogP contribution in [0.3, 0.4) is 0 Å². The first-order valence-electron chi connectivity index (χ1n) is 3.85. The maximum absolute atomic E-state index is 10.7. The third-order valence-corrected chi connectivity index (χ3v) is 2.49. The van der Waals surface area contributed by atoms with E-state index in [1.54, 1.807) is 0 Å². The van der Waals surface area contributed by atoms with E-state index in [-0.39, 0.29) is 31.0 Å². The quantitative estimate of drug-likeness (QED) is 0.674. The van der Waals surface area contributed by atoms with E-state index in [0.29, 0.717) is 0 Å². The van der Waals surface area contributed by atoms with Crippen molar-refractivity contribution >= 4 is 28.2 Å². The highest BCUT2D eigenvalue weighted by molar-refractivity contribution is 7.90. The summed E-state index contributed by atoms with van der Waals surface area (Å²) in [6, 6.07) is -0.442. The molecule has 0 aliphatic carbocycles. The molecule has 14 heavy (non-hydrogen) atoms. The van der Waals surface area contributed by atoms with Gasteiger partial charge in [-0.3, -0.25) is 4.79 Å². The van der Waals surface area contributed by atoms with Crippen molar-refractivity contribution in [1.82, 2.24) is 0 Å². The second kappa shape index (κ2) is 7.03. The van der Waals surface area contributed by atoms with Gasteiger partial charge in [-0.05, 0) is 6.42 Å². The summed E-state index contributed by atoms with van der Waals surface area (Å²) in [6.45, 7) is 0. The van der Waals surface area contributed by atoms with Gasteiger partial charge in [0, 0.05) is 12.3 Å². The van der Waals surface area contributed by atoms with E-state index < -0.39 is 21.8 Å². The van der Waals surface area contributed by atoms with Crippen LogP contribution in [0.1, 0.15) is 12.8 Å². The molecule has 0 heterocycles. The van der Waals surface area contributed by atoms with Gasteiger partial charge in [0.25, 0.3) is 0 Å². The molecule has 0 aromatic rings. The SMILES string of the molecule is COC(=O)C[C@H](N)CCS(C)(=O)=O.Cl. The van der Waals surface area contributed by atoms with Crippen molar-refractivity contribution in [2.45, 2.75) is 18.9 Å². The van der Waals surface area contributed by atoms with Crippen LogP contribution in [0.25, 0.3) is 0 Å². The predicted molar refractivity (Wildman–Crippen MR) is 56.2 cm³/mol. The van der Waals surface area contributed by atoms with Crippen LogP contribution < -0.4 is 5.73 Å². The van der Waals surface area contributed by atoms with Crippen LogP contribution in [0.5, 0.6) is 0 Å². The fourth-order valence-corrected chi connectivity index (χ4v) is 1.50. The van der Waals surface area contributed by atoms with Crippen molar-refractivity contribution in [2.24, 2.45) is 5.73 Å². The van der Waals surface area contributed by atoms with E-state index in [1.165, 1.54) is 7.11 Å². The average Bonchev–Trinajstić information content (AvgIpc) is 1.99. The first-order chi connectivity index (χ1) is 5.85. The molecule has 1 atom stereocenters. The second-order valence-electron chi connectivity index (χ2n) is 2.96. The monoisotopic (exact) mass is 245 g/mol. The van der Waals surface area contributed by atoms with E-state index in [9.17, 15) is 13.2 Å². The van der Waals surface area contributed by atoms with Gasteiger partial charge in [-0.25, -0.2) is 8.42 Å². The summed E-state index contributed by atoms with van der Waals surface area (Å²) in [5.74, 6) is -0.411. The number of methoxy groups -OCH3 is 1. The van der Waals surface area contributed by atoms with E-state index in [4.69, 9.17) is 5.73 Å². The predicted octanol–water partition coefficient (Wildman–Crippen LogP) is -0.267. The number of carbonyl (C=O) groups excluding carboxylic acids is 1. The zero-order chi connectivity index (χ0) is 10.5. The van der Waals surface area contributed by atoms with Crippen molar-refractivity contribution in [1.29, 1.82) is 0 Å². The lowest BCUT2D eigenvalue weighted by atomic mass is 10.2. The minimum Gasteiger partial charge on any atom is -0.469 e. The van der Waals surface area contributed by atoms with Crippen LogP contribution in [0, 0.1) is 0 Å². The zero-order valence-corrected chi connectivity index (χ0v) is 9.86.